The number of aryl methyl sites for hydroxylation is 1. The Bertz CT molecular complexity index is 1070. The van der Waals surface area contributed by atoms with E-state index in [1.165, 1.54) is 5.56 Å². The second-order valence-corrected chi connectivity index (χ2v) is 6.84. The zero-order chi connectivity index (χ0) is 18.5. The van der Waals surface area contributed by atoms with Crippen molar-refractivity contribution < 1.29 is 0 Å². The zero-order valence-corrected chi connectivity index (χ0v) is 15.8. The highest BCUT2D eigenvalue weighted by Gasteiger charge is 2.10. The summed E-state index contributed by atoms with van der Waals surface area (Å²) in [5, 5.41) is 0. The van der Waals surface area contributed by atoms with E-state index in [9.17, 15) is 0 Å². The number of rotatable bonds is 5. The van der Waals surface area contributed by atoms with Crippen molar-refractivity contribution in [3.05, 3.63) is 107 Å². The third kappa shape index (κ3) is 4.04. The van der Waals surface area contributed by atoms with Crippen LogP contribution in [0.2, 0.25) is 0 Å². The fourth-order valence-corrected chi connectivity index (χ4v) is 3.46. The van der Waals surface area contributed by atoms with Gasteiger partial charge < -0.3 is 4.57 Å². The summed E-state index contributed by atoms with van der Waals surface area (Å²) < 4.78 is 2.95. The topological polar surface area (TPSA) is 17.8 Å². The molecule has 132 valence electrons. The van der Waals surface area contributed by atoms with Gasteiger partial charge in [-0.3, -0.25) is 0 Å². The van der Waals surface area contributed by atoms with Gasteiger partial charge in [-0.25, -0.2) is 4.98 Å². The second-order valence-electron chi connectivity index (χ2n) is 6.42. The molecule has 0 aliphatic carbocycles. The summed E-state index contributed by atoms with van der Waals surface area (Å²) in [6.45, 7) is 0.801. The molecule has 0 amide bonds. The largest absolute Gasteiger partial charge is 0.316 e. The average molecular weight is 369 g/mol. The monoisotopic (exact) mass is 368 g/mol. The Hall–Kier alpha value is -3.04. The highest BCUT2D eigenvalue weighted by Crippen LogP contribution is 2.24. The van der Waals surface area contributed by atoms with E-state index in [-0.39, 0.29) is 0 Å². The van der Waals surface area contributed by atoms with Gasteiger partial charge in [0, 0.05) is 17.7 Å². The van der Waals surface area contributed by atoms with Gasteiger partial charge >= 0.3 is 0 Å². The predicted molar refractivity (Wildman–Crippen MR) is 114 cm³/mol. The standard InChI is InChI=1S/C24H20N2S/c27-23-18-22(20-12-6-2-7-13-20)25-24(21-14-8-3-9-15-21)26(23)17-16-19-10-4-1-5-11-19/h1-15,18H,16-17H2. The normalized spacial score (nSPS) is 10.7. The van der Waals surface area contributed by atoms with Crippen molar-refractivity contribution in [2.24, 2.45) is 0 Å². The van der Waals surface area contributed by atoms with E-state index < -0.39 is 0 Å². The molecule has 2 nitrogen and oxygen atoms in total. The highest BCUT2D eigenvalue weighted by molar-refractivity contribution is 7.71. The summed E-state index contributed by atoms with van der Waals surface area (Å²) in [5.74, 6) is 0.915. The fourth-order valence-electron chi connectivity index (χ4n) is 3.17. The van der Waals surface area contributed by atoms with Crippen LogP contribution < -0.4 is 0 Å². The lowest BCUT2D eigenvalue weighted by Crippen LogP contribution is -2.09. The van der Waals surface area contributed by atoms with Gasteiger partial charge in [-0.05, 0) is 18.1 Å². The molecule has 0 bridgehead atoms. The van der Waals surface area contributed by atoms with Crippen molar-refractivity contribution in [3.63, 3.8) is 0 Å². The number of hydrogen-bond donors (Lipinski definition) is 0. The zero-order valence-electron chi connectivity index (χ0n) is 15.0. The lowest BCUT2D eigenvalue weighted by atomic mass is 10.1. The number of aromatic nitrogens is 2. The molecule has 0 spiro atoms. The van der Waals surface area contributed by atoms with E-state index in [0.717, 1.165) is 40.3 Å². The molecular formula is C24H20N2S. The van der Waals surface area contributed by atoms with E-state index >= 15 is 0 Å². The lowest BCUT2D eigenvalue weighted by Gasteiger charge is -2.15. The minimum absolute atomic E-state index is 0.801. The quantitative estimate of drug-likeness (QED) is 0.391. The molecule has 3 heteroatoms. The van der Waals surface area contributed by atoms with Crippen LogP contribution in [0.25, 0.3) is 22.6 Å². The molecule has 0 radical (unpaired) electrons. The summed E-state index contributed by atoms with van der Waals surface area (Å²) >= 11 is 5.77. The molecule has 0 unspecified atom stereocenters. The van der Waals surface area contributed by atoms with Gasteiger partial charge in [-0.2, -0.15) is 0 Å². The van der Waals surface area contributed by atoms with Gasteiger partial charge in [-0.15, -0.1) is 0 Å². The molecule has 0 atom stereocenters. The smallest absolute Gasteiger partial charge is 0.141 e. The molecule has 3 aromatic carbocycles. The summed E-state index contributed by atoms with van der Waals surface area (Å²) in [6, 6.07) is 33.0. The third-order valence-electron chi connectivity index (χ3n) is 4.58. The molecule has 1 heterocycles. The first-order valence-electron chi connectivity index (χ1n) is 9.08. The number of nitrogens with zero attached hydrogens (tertiary/aromatic N) is 2. The Balaban J connectivity index is 1.79. The SMILES string of the molecule is S=c1cc(-c2ccccc2)nc(-c2ccccc2)n1CCc1ccccc1. The van der Waals surface area contributed by atoms with Crippen LogP contribution in [0.5, 0.6) is 0 Å². The third-order valence-corrected chi connectivity index (χ3v) is 4.91. The molecule has 0 fully saturated rings. The van der Waals surface area contributed by atoms with E-state index in [2.05, 4.69) is 53.1 Å². The molecule has 0 aliphatic rings. The Labute approximate surface area is 164 Å². The van der Waals surface area contributed by atoms with E-state index in [1.54, 1.807) is 0 Å². The minimum Gasteiger partial charge on any atom is -0.316 e. The van der Waals surface area contributed by atoms with E-state index in [0.29, 0.717) is 0 Å². The van der Waals surface area contributed by atoms with Crippen LogP contribution in [-0.4, -0.2) is 9.55 Å². The molecule has 4 aromatic rings. The van der Waals surface area contributed by atoms with Crippen molar-refractivity contribution in [1.82, 2.24) is 9.55 Å². The molecule has 0 saturated carbocycles. The predicted octanol–water partition coefficient (Wildman–Crippen LogP) is 6.19. The van der Waals surface area contributed by atoms with Crippen LogP contribution in [0.3, 0.4) is 0 Å². The summed E-state index contributed by atoms with van der Waals surface area (Å²) in [7, 11) is 0. The fraction of sp³-hybridized carbons (Fsp3) is 0.0833. The average Bonchev–Trinajstić information content (AvgIpc) is 2.74. The Morgan fingerprint density at radius 3 is 1.89 bits per heavy atom. The van der Waals surface area contributed by atoms with Crippen molar-refractivity contribution in [3.8, 4) is 22.6 Å². The van der Waals surface area contributed by atoms with Gasteiger partial charge in [0.15, 0.2) is 0 Å². The first-order valence-corrected chi connectivity index (χ1v) is 9.49. The van der Waals surface area contributed by atoms with Crippen molar-refractivity contribution >= 4 is 12.2 Å². The van der Waals surface area contributed by atoms with Gasteiger partial charge in [-0.1, -0.05) is 103 Å². The minimum atomic E-state index is 0.801. The molecule has 0 N–H and O–H groups in total. The van der Waals surface area contributed by atoms with Gasteiger partial charge in [0.1, 0.15) is 10.5 Å². The van der Waals surface area contributed by atoms with Crippen molar-refractivity contribution in [1.29, 1.82) is 0 Å². The Morgan fingerprint density at radius 2 is 1.26 bits per heavy atom. The Kier molecular flexibility index (Phi) is 5.22. The van der Waals surface area contributed by atoms with Crippen LogP contribution in [0.15, 0.2) is 97.1 Å². The summed E-state index contributed by atoms with van der Waals surface area (Å²) in [4.78, 5) is 4.98. The molecule has 0 aliphatic heterocycles. The lowest BCUT2D eigenvalue weighted by molar-refractivity contribution is 0.678. The first kappa shape index (κ1) is 17.4. The van der Waals surface area contributed by atoms with Crippen LogP contribution >= 0.6 is 12.2 Å². The molecular weight excluding hydrogens is 348 g/mol. The first-order chi connectivity index (χ1) is 13.3. The molecule has 27 heavy (non-hydrogen) atoms. The van der Waals surface area contributed by atoms with Gasteiger partial charge in [0.05, 0.1) is 5.69 Å². The highest BCUT2D eigenvalue weighted by atomic mass is 32.1. The maximum atomic E-state index is 5.77. The second kappa shape index (κ2) is 8.11. The summed E-state index contributed by atoms with van der Waals surface area (Å²) in [5.41, 5.74) is 4.37. The maximum Gasteiger partial charge on any atom is 0.141 e. The molecule has 0 saturated heterocycles. The van der Waals surface area contributed by atoms with Crippen LogP contribution in [0.4, 0.5) is 0 Å². The number of benzene rings is 3. The Morgan fingerprint density at radius 1 is 0.704 bits per heavy atom. The van der Waals surface area contributed by atoms with Gasteiger partial charge in [0.25, 0.3) is 0 Å². The van der Waals surface area contributed by atoms with Crippen molar-refractivity contribution in [2.45, 2.75) is 13.0 Å². The van der Waals surface area contributed by atoms with Crippen LogP contribution in [0.1, 0.15) is 5.56 Å². The van der Waals surface area contributed by atoms with Gasteiger partial charge in [0.2, 0.25) is 0 Å². The summed E-state index contributed by atoms with van der Waals surface area (Å²) in [6.07, 6.45) is 0.918. The number of hydrogen-bond acceptors (Lipinski definition) is 2. The van der Waals surface area contributed by atoms with Crippen molar-refractivity contribution in [2.75, 3.05) is 0 Å². The van der Waals surface area contributed by atoms with Crippen LogP contribution in [-0.2, 0) is 13.0 Å². The molecule has 4 rings (SSSR count). The maximum absolute atomic E-state index is 5.77. The van der Waals surface area contributed by atoms with E-state index in [1.807, 2.05) is 48.5 Å². The van der Waals surface area contributed by atoms with E-state index in [4.69, 9.17) is 17.2 Å². The van der Waals surface area contributed by atoms with Crippen LogP contribution in [0, 0.1) is 4.64 Å². The molecule has 1 aromatic heterocycles.